The molecule has 0 saturated heterocycles. The predicted molar refractivity (Wildman–Crippen MR) is 77.2 cm³/mol. The summed E-state index contributed by atoms with van der Waals surface area (Å²) in [6.07, 6.45) is 0. The highest BCUT2D eigenvalue weighted by molar-refractivity contribution is 9.10. The molecule has 1 N–H and O–H groups in total. The number of hydrogen-bond acceptors (Lipinski definition) is 2. The van der Waals surface area contributed by atoms with Crippen LogP contribution in [0, 0.1) is 0 Å². The van der Waals surface area contributed by atoms with Crippen LogP contribution in [0.1, 0.15) is 11.1 Å². The highest BCUT2D eigenvalue weighted by Gasteiger charge is 2.01. The van der Waals surface area contributed by atoms with Gasteiger partial charge in [-0.15, -0.1) is 0 Å². The van der Waals surface area contributed by atoms with Crippen molar-refractivity contribution in [3.05, 3.63) is 69.2 Å². The fourth-order valence-corrected chi connectivity index (χ4v) is 2.11. The van der Waals surface area contributed by atoms with Crippen molar-refractivity contribution in [2.75, 3.05) is 0 Å². The summed E-state index contributed by atoms with van der Waals surface area (Å²) in [6.45, 7) is 1.11. The second-order valence-electron chi connectivity index (χ2n) is 3.83. The van der Waals surface area contributed by atoms with E-state index >= 15 is 0 Å². The molecule has 0 saturated carbocycles. The Labute approximate surface area is 120 Å². The largest absolute Gasteiger partial charge is 0.297 e. The maximum absolute atomic E-state index is 6.08. The Bertz CT molecular complexity index is 504. The molecule has 0 spiro atoms. The smallest absolute Gasteiger partial charge is 0.0933 e. The average Bonchev–Trinajstić information content (AvgIpc) is 2.40. The lowest BCUT2D eigenvalue weighted by Gasteiger charge is -2.08. The lowest BCUT2D eigenvalue weighted by molar-refractivity contribution is 0.0235. The molecule has 2 nitrogen and oxygen atoms in total. The van der Waals surface area contributed by atoms with Gasteiger partial charge in [-0.2, -0.15) is 5.48 Å². The summed E-state index contributed by atoms with van der Waals surface area (Å²) < 4.78 is 1.01. The van der Waals surface area contributed by atoms with E-state index in [1.165, 1.54) is 0 Å². The van der Waals surface area contributed by atoms with Gasteiger partial charge >= 0.3 is 0 Å². The third-order valence-electron chi connectivity index (χ3n) is 2.45. The molecule has 0 atom stereocenters. The number of benzene rings is 2. The van der Waals surface area contributed by atoms with E-state index in [-0.39, 0.29) is 0 Å². The molecule has 94 valence electrons. The first kappa shape index (κ1) is 13.6. The first-order valence-electron chi connectivity index (χ1n) is 5.58. The van der Waals surface area contributed by atoms with Gasteiger partial charge in [-0.05, 0) is 29.3 Å². The highest BCUT2D eigenvalue weighted by atomic mass is 79.9. The molecule has 0 aliphatic rings. The number of hydroxylamine groups is 1. The van der Waals surface area contributed by atoms with Gasteiger partial charge in [0, 0.05) is 16.0 Å². The van der Waals surface area contributed by atoms with Crippen LogP contribution >= 0.6 is 27.5 Å². The van der Waals surface area contributed by atoms with E-state index in [0.29, 0.717) is 13.2 Å². The summed E-state index contributed by atoms with van der Waals surface area (Å²) in [7, 11) is 0. The average molecular weight is 327 g/mol. The van der Waals surface area contributed by atoms with Crippen LogP contribution in [-0.2, 0) is 18.0 Å². The zero-order chi connectivity index (χ0) is 12.8. The highest BCUT2D eigenvalue weighted by Crippen LogP contribution is 2.20. The molecule has 0 bridgehead atoms. The van der Waals surface area contributed by atoms with E-state index in [4.69, 9.17) is 16.4 Å². The monoisotopic (exact) mass is 325 g/mol. The van der Waals surface area contributed by atoms with Crippen LogP contribution in [0.5, 0.6) is 0 Å². The SMILES string of the molecule is Clc1ccc(Br)cc1CNOCc1ccccc1. The minimum Gasteiger partial charge on any atom is -0.297 e. The second-order valence-corrected chi connectivity index (χ2v) is 5.15. The summed E-state index contributed by atoms with van der Waals surface area (Å²) in [5.41, 5.74) is 5.04. The van der Waals surface area contributed by atoms with E-state index in [1.54, 1.807) is 0 Å². The van der Waals surface area contributed by atoms with Gasteiger partial charge in [0.15, 0.2) is 0 Å². The fourth-order valence-electron chi connectivity index (χ4n) is 1.52. The molecule has 4 heteroatoms. The first-order valence-corrected chi connectivity index (χ1v) is 6.75. The van der Waals surface area contributed by atoms with Crippen molar-refractivity contribution in [1.29, 1.82) is 0 Å². The summed E-state index contributed by atoms with van der Waals surface area (Å²) >= 11 is 9.49. The molecular formula is C14H13BrClNO. The van der Waals surface area contributed by atoms with Crippen LogP contribution in [0.15, 0.2) is 53.0 Å². The lowest BCUT2D eigenvalue weighted by Crippen LogP contribution is -2.14. The Morgan fingerprint density at radius 3 is 2.67 bits per heavy atom. The number of nitrogens with one attached hydrogen (secondary N) is 1. The molecule has 2 rings (SSSR count). The van der Waals surface area contributed by atoms with Crippen LogP contribution in [0.4, 0.5) is 0 Å². The second kappa shape index (κ2) is 6.90. The van der Waals surface area contributed by atoms with Gasteiger partial charge in [-0.1, -0.05) is 57.9 Å². The van der Waals surface area contributed by atoms with Crippen molar-refractivity contribution in [3.63, 3.8) is 0 Å². The zero-order valence-electron chi connectivity index (χ0n) is 9.70. The van der Waals surface area contributed by atoms with Gasteiger partial charge in [0.1, 0.15) is 0 Å². The summed E-state index contributed by atoms with van der Waals surface area (Å²) in [5, 5.41) is 0.731. The topological polar surface area (TPSA) is 21.3 Å². The molecule has 0 radical (unpaired) electrons. The molecule has 0 unspecified atom stereocenters. The van der Waals surface area contributed by atoms with Gasteiger partial charge < -0.3 is 0 Å². The molecule has 2 aromatic rings. The van der Waals surface area contributed by atoms with Crippen molar-refractivity contribution >= 4 is 27.5 Å². The third-order valence-corrected chi connectivity index (χ3v) is 3.32. The first-order chi connectivity index (χ1) is 8.75. The fraction of sp³-hybridized carbons (Fsp3) is 0.143. The lowest BCUT2D eigenvalue weighted by atomic mass is 10.2. The van der Waals surface area contributed by atoms with Gasteiger partial charge in [-0.3, -0.25) is 4.84 Å². The van der Waals surface area contributed by atoms with Crippen molar-refractivity contribution in [1.82, 2.24) is 5.48 Å². The van der Waals surface area contributed by atoms with E-state index in [0.717, 1.165) is 20.6 Å². The molecule has 0 aliphatic heterocycles. The molecule has 18 heavy (non-hydrogen) atoms. The van der Waals surface area contributed by atoms with E-state index in [1.807, 2.05) is 48.5 Å². The van der Waals surface area contributed by atoms with E-state index in [9.17, 15) is 0 Å². The molecular weight excluding hydrogens is 314 g/mol. The van der Waals surface area contributed by atoms with Crippen LogP contribution in [-0.4, -0.2) is 0 Å². The Morgan fingerprint density at radius 1 is 1.11 bits per heavy atom. The van der Waals surface area contributed by atoms with Crippen molar-refractivity contribution in [3.8, 4) is 0 Å². The van der Waals surface area contributed by atoms with Gasteiger partial charge in [0.25, 0.3) is 0 Å². The third kappa shape index (κ3) is 4.10. The number of rotatable bonds is 5. The van der Waals surface area contributed by atoms with Crippen LogP contribution < -0.4 is 5.48 Å². The molecule has 2 aromatic carbocycles. The van der Waals surface area contributed by atoms with Crippen molar-refractivity contribution in [2.24, 2.45) is 0 Å². The Kier molecular flexibility index (Phi) is 5.20. The summed E-state index contributed by atoms with van der Waals surface area (Å²) in [5.74, 6) is 0. The maximum Gasteiger partial charge on any atom is 0.0933 e. The molecule has 0 heterocycles. The van der Waals surface area contributed by atoms with E-state index < -0.39 is 0 Å². The quantitative estimate of drug-likeness (QED) is 0.652. The van der Waals surface area contributed by atoms with E-state index in [2.05, 4.69) is 21.4 Å². The maximum atomic E-state index is 6.08. The van der Waals surface area contributed by atoms with Gasteiger partial charge in [-0.25, -0.2) is 0 Å². The Balaban J connectivity index is 1.80. The van der Waals surface area contributed by atoms with Crippen molar-refractivity contribution in [2.45, 2.75) is 13.2 Å². The molecule has 0 amide bonds. The minimum atomic E-state index is 0.534. The molecule has 0 fully saturated rings. The normalized spacial score (nSPS) is 10.6. The summed E-state index contributed by atoms with van der Waals surface area (Å²) in [6, 6.07) is 15.8. The van der Waals surface area contributed by atoms with Gasteiger partial charge in [0.2, 0.25) is 0 Å². The van der Waals surface area contributed by atoms with Crippen LogP contribution in [0.25, 0.3) is 0 Å². The van der Waals surface area contributed by atoms with Crippen LogP contribution in [0.3, 0.4) is 0 Å². The Hall–Kier alpha value is -0.870. The number of halogens is 2. The number of hydrogen-bond donors (Lipinski definition) is 1. The Morgan fingerprint density at radius 2 is 1.89 bits per heavy atom. The zero-order valence-corrected chi connectivity index (χ0v) is 12.0. The van der Waals surface area contributed by atoms with Crippen molar-refractivity contribution < 1.29 is 4.84 Å². The van der Waals surface area contributed by atoms with Crippen LogP contribution in [0.2, 0.25) is 5.02 Å². The van der Waals surface area contributed by atoms with Gasteiger partial charge in [0.05, 0.1) is 6.61 Å². The molecule has 0 aliphatic carbocycles. The standard InChI is InChI=1S/C14H13BrClNO/c15-13-6-7-14(16)12(8-13)9-17-18-10-11-4-2-1-3-5-11/h1-8,17H,9-10H2. The predicted octanol–water partition coefficient (Wildman–Crippen LogP) is 4.32. The molecule has 0 aromatic heterocycles. The summed E-state index contributed by atoms with van der Waals surface area (Å²) in [4.78, 5) is 5.39. The minimum absolute atomic E-state index is 0.534.